The summed E-state index contributed by atoms with van der Waals surface area (Å²) in [7, 11) is 0. The van der Waals surface area contributed by atoms with E-state index in [-0.39, 0.29) is 24.3 Å². The molecule has 1 aliphatic rings. The minimum Gasteiger partial charge on any atom is -0.453 e. The van der Waals surface area contributed by atoms with Crippen LogP contribution in [0.15, 0.2) is 36.4 Å². The molecule has 0 bridgehead atoms. The van der Waals surface area contributed by atoms with Gasteiger partial charge in [0.2, 0.25) is 0 Å². The van der Waals surface area contributed by atoms with Gasteiger partial charge in [-0.3, -0.25) is 14.4 Å². The Morgan fingerprint density at radius 3 is 2.50 bits per heavy atom. The number of anilines is 1. The summed E-state index contributed by atoms with van der Waals surface area (Å²) < 4.78 is 31.8. The molecule has 0 aromatic heterocycles. The van der Waals surface area contributed by atoms with Crippen molar-refractivity contribution in [2.75, 3.05) is 5.32 Å². The van der Waals surface area contributed by atoms with Crippen molar-refractivity contribution >= 4 is 23.3 Å². The molecular formula is C23H23F2NO4. The monoisotopic (exact) mass is 415 g/mol. The Morgan fingerprint density at radius 1 is 1.00 bits per heavy atom. The summed E-state index contributed by atoms with van der Waals surface area (Å²) in [4.78, 5) is 36.5. The number of amides is 1. The van der Waals surface area contributed by atoms with Crippen LogP contribution < -0.4 is 5.32 Å². The van der Waals surface area contributed by atoms with Gasteiger partial charge in [-0.25, -0.2) is 8.78 Å². The number of nitrogens with one attached hydrogen (secondary N) is 1. The fourth-order valence-corrected chi connectivity index (χ4v) is 3.40. The molecule has 0 aliphatic heterocycles. The first-order chi connectivity index (χ1) is 14.3. The third-order valence-electron chi connectivity index (χ3n) is 5.09. The lowest BCUT2D eigenvalue weighted by Gasteiger charge is -2.16. The van der Waals surface area contributed by atoms with E-state index >= 15 is 0 Å². The van der Waals surface area contributed by atoms with Crippen molar-refractivity contribution in [3.05, 3.63) is 64.7 Å². The molecule has 1 atom stereocenters. The molecule has 0 spiro atoms. The van der Waals surface area contributed by atoms with Gasteiger partial charge >= 0.3 is 5.97 Å². The Hall–Kier alpha value is -3.09. The fraction of sp³-hybridized carbons (Fsp3) is 0.348. The number of hydrogen-bond acceptors (Lipinski definition) is 4. The average molecular weight is 415 g/mol. The number of ether oxygens (including phenoxy) is 1. The van der Waals surface area contributed by atoms with Gasteiger partial charge in [0, 0.05) is 18.1 Å². The van der Waals surface area contributed by atoms with Crippen LogP contribution in [0.5, 0.6) is 0 Å². The first kappa shape index (κ1) is 21.6. The van der Waals surface area contributed by atoms with Crippen LogP contribution in [0.3, 0.4) is 0 Å². The summed E-state index contributed by atoms with van der Waals surface area (Å²) in [6.07, 6.45) is 2.80. The van der Waals surface area contributed by atoms with Gasteiger partial charge in [-0.2, -0.15) is 0 Å². The molecule has 0 heterocycles. The van der Waals surface area contributed by atoms with E-state index in [0.717, 1.165) is 43.9 Å². The van der Waals surface area contributed by atoms with E-state index in [2.05, 4.69) is 5.32 Å². The summed E-state index contributed by atoms with van der Waals surface area (Å²) in [5, 5.41) is 2.18. The standard InChI is InChI=1S/C23H23F2NO4/c1-14(23(29)26-20-13-18(24)8-9-19(20)25)30-22(28)11-10-21(27)17-7-6-15-4-2-3-5-16(15)12-17/h6-9,12-14H,2-5,10-11H2,1H3,(H,26,29)/t14-/m1/s1. The zero-order valence-corrected chi connectivity index (χ0v) is 16.7. The number of Topliss-reactive ketones (excluding diaryl/α,β-unsaturated/α-hetero) is 1. The molecule has 0 saturated heterocycles. The molecule has 0 saturated carbocycles. The molecule has 3 rings (SSSR count). The SMILES string of the molecule is C[C@@H](OC(=O)CCC(=O)c1ccc2c(c1)CCCC2)C(=O)Nc1cc(F)ccc1F. The van der Waals surface area contributed by atoms with Crippen LogP contribution in [0.2, 0.25) is 0 Å². The topological polar surface area (TPSA) is 72.5 Å². The van der Waals surface area contributed by atoms with E-state index in [9.17, 15) is 23.2 Å². The highest BCUT2D eigenvalue weighted by molar-refractivity contribution is 5.98. The highest BCUT2D eigenvalue weighted by atomic mass is 19.1. The van der Waals surface area contributed by atoms with E-state index in [1.807, 2.05) is 12.1 Å². The average Bonchev–Trinajstić information content (AvgIpc) is 2.74. The zero-order chi connectivity index (χ0) is 21.7. The maximum atomic E-state index is 13.6. The van der Waals surface area contributed by atoms with Gasteiger partial charge in [-0.15, -0.1) is 0 Å². The number of benzene rings is 2. The predicted octanol–water partition coefficient (Wildman–Crippen LogP) is 4.38. The number of esters is 1. The Kier molecular flexibility index (Phi) is 6.92. The molecule has 1 amide bonds. The van der Waals surface area contributed by atoms with Crippen molar-refractivity contribution < 1.29 is 27.9 Å². The van der Waals surface area contributed by atoms with E-state index < -0.39 is 29.6 Å². The molecule has 1 N–H and O–H groups in total. The van der Waals surface area contributed by atoms with Gasteiger partial charge in [0.25, 0.3) is 5.91 Å². The van der Waals surface area contributed by atoms with Crippen LogP contribution in [-0.4, -0.2) is 23.8 Å². The third kappa shape index (κ3) is 5.49. The van der Waals surface area contributed by atoms with Crippen molar-refractivity contribution in [1.82, 2.24) is 0 Å². The minimum atomic E-state index is -1.22. The van der Waals surface area contributed by atoms with Crippen LogP contribution in [0.4, 0.5) is 14.5 Å². The van der Waals surface area contributed by atoms with Crippen LogP contribution >= 0.6 is 0 Å². The summed E-state index contributed by atoms with van der Waals surface area (Å²) in [5.74, 6) is -3.20. The van der Waals surface area contributed by atoms with Gasteiger partial charge < -0.3 is 10.1 Å². The molecule has 7 heteroatoms. The summed E-state index contributed by atoms with van der Waals surface area (Å²) in [6, 6.07) is 8.28. The molecular weight excluding hydrogens is 392 g/mol. The van der Waals surface area contributed by atoms with E-state index in [0.29, 0.717) is 5.56 Å². The lowest BCUT2D eigenvalue weighted by molar-refractivity contribution is -0.153. The number of carbonyl (C=O) groups is 3. The lowest BCUT2D eigenvalue weighted by Crippen LogP contribution is -2.30. The molecule has 2 aromatic carbocycles. The molecule has 5 nitrogen and oxygen atoms in total. The summed E-state index contributed by atoms with van der Waals surface area (Å²) in [6.45, 7) is 1.32. The van der Waals surface area contributed by atoms with Crippen molar-refractivity contribution in [3.8, 4) is 0 Å². The molecule has 0 unspecified atom stereocenters. The van der Waals surface area contributed by atoms with Gasteiger partial charge in [-0.1, -0.05) is 12.1 Å². The Morgan fingerprint density at radius 2 is 1.73 bits per heavy atom. The second kappa shape index (κ2) is 9.61. The number of fused-ring (bicyclic) bond motifs is 1. The Balaban J connectivity index is 1.49. The Labute approximate surface area is 173 Å². The minimum absolute atomic E-state index is 0.0372. The second-order valence-electron chi connectivity index (χ2n) is 7.36. The quantitative estimate of drug-likeness (QED) is 0.538. The van der Waals surface area contributed by atoms with E-state index in [1.165, 1.54) is 18.1 Å². The molecule has 158 valence electrons. The largest absolute Gasteiger partial charge is 0.453 e. The van der Waals surface area contributed by atoms with Gasteiger partial charge in [0.1, 0.15) is 11.6 Å². The maximum Gasteiger partial charge on any atom is 0.307 e. The number of rotatable bonds is 7. The van der Waals surface area contributed by atoms with Gasteiger partial charge in [0.15, 0.2) is 11.9 Å². The first-order valence-corrected chi connectivity index (χ1v) is 9.94. The van der Waals surface area contributed by atoms with Crippen molar-refractivity contribution in [2.45, 2.75) is 51.6 Å². The van der Waals surface area contributed by atoms with E-state index in [1.54, 1.807) is 6.07 Å². The molecule has 0 radical (unpaired) electrons. The van der Waals surface area contributed by atoms with Crippen molar-refractivity contribution in [1.29, 1.82) is 0 Å². The van der Waals surface area contributed by atoms with Crippen LogP contribution in [0.1, 0.15) is 54.1 Å². The molecule has 0 fully saturated rings. The number of hydrogen-bond donors (Lipinski definition) is 1. The normalized spacial score (nSPS) is 13.8. The van der Waals surface area contributed by atoms with Gasteiger partial charge in [-0.05, 0) is 61.9 Å². The number of carbonyl (C=O) groups excluding carboxylic acids is 3. The second-order valence-corrected chi connectivity index (χ2v) is 7.36. The molecule has 1 aliphatic carbocycles. The third-order valence-corrected chi connectivity index (χ3v) is 5.09. The lowest BCUT2D eigenvalue weighted by atomic mass is 9.89. The van der Waals surface area contributed by atoms with Crippen molar-refractivity contribution in [3.63, 3.8) is 0 Å². The van der Waals surface area contributed by atoms with Crippen LogP contribution in [0.25, 0.3) is 0 Å². The van der Waals surface area contributed by atoms with E-state index in [4.69, 9.17) is 4.74 Å². The molecule has 2 aromatic rings. The fourth-order valence-electron chi connectivity index (χ4n) is 3.40. The van der Waals surface area contributed by atoms with Gasteiger partial charge in [0.05, 0.1) is 12.1 Å². The maximum absolute atomic E-state index is 13.6. The van der Waals surface area contributed by atoms with Crippen LogP contribution in [-0.2, 0) is 27.2 Å². The first-order valence-electron chi connectivity index (χ1n) is 9.94. The number of halogens is 2. The highest BCUT2D eigenvalue weighted by Crippen LogP contribution is 2.23. The Bertz CT molecular complexity index is 974. The number of ketones is 1. The smallest absolute Gasteiger partial charge is 0.307 e. The van der Waals surface area contributed by atoms with Crippen LogP contribution in [0, 0.1) is 11.6 Å². The summed E-state index contributed by atoms with van der Waals surface area (Å²) >= 11 is 0. The zero-order valence-electron chi connectivity index (χ0n) is 16.7. The highest BCUT2D eigenvalue weighted by Gasteiger charge is 2.20. The molecule has 30 heavy (non-hydrogen) atoms. The predicted molar refractivity (Wildman–Crippen MR) is 107 cm³/mol. The summed E-state index contributed by atoms with van der Waals surface area (Å²) in [5.41, 5.74) is 2.68. The number of aryl methyl sites for hydroxylation is 2. The van der Waals surface area contributed by atoms with Crippen molar-refractivity contribution in [2.24, 2.45) is 0 Å².